The number of hydrogen-bond donors (Lipinski definition) is 0. The van der Waals surface area contributed by atoms with E-state index in [1.807, 2.05) is 0 Å². The zero-order valence-corrected chi connectivity index (χ0v) is 5.09. The molecule has 0 atom stereocenters. The molecule has 1 aliphatic heterocycles. The van der Waals surface area contributed by atoms with Crippen LogP contribution < -0.4 is 0 Å². The van der Waals surface area contributed by atoms with E-state index in [1.165, 1.54) is 7.11 Å². The largest absolute Gasteiger partial charge is 0.313 e. The number of carbonyl (C=O) groups is 2. The predicted octanol–water partition coefficient (Wildman–Crippen LogP) is -0.651. The molecule has 0 saturated carbocycles. The van der Waals surface area contributed by atoms with Crippen molar-refractivity contribution in [1.82, 2.24) is 5.06 Å². The first-order valence-corrected chi connectivity index (χ1v) is 2.64. The summed E-state index contributed by atoms with van der Waals surface area (Å²) < 4.78 is 0. The molecule has 0 aliphatic carbocycles. The third-order valence-electron chi connectivity index (χ3n) is 1.23. The van der Waals surface area contributed by atoms with Gasteiger partial charge in [0.05, 0.1) is 13.7 Å². The van der Waals surface area contributed by atoms with Gasteiger partial charge in [0.25, 0.3) is 0 Å². The molecule has 0 N–H and O–H groups in total. The number of nitrogens with zero attached hydrogens (tertiary/aromatic N) is 1. The molecule has 0 aromatic rings. The molecule has 1 heterocycles. The van der Waals surface area contributed by atoms with Crippen molar-refractivity contribution in [2.24, 2.45) is 0 Å². The fraction of sp³-hybridized carbons (Fsp3) is 0.600. The number of amides is 1. The third kappa shape index (κ3) is 0.929. The van der Waals surface area contributed by atoms with Crippen LogP contribution in [0.25, 0.3) is 0 Å². The number of Topliss-reactive ketones (excluding diaryl/α,β-unsaturated/α-hetero) is 1. The average molecular weight is 129 g/mol. The van der Waals surface area contributed by atoms with Crippen LogP contribution in [0, 0.1) is 0 Å². The van der Waals surface area contributed by atoms with Gasteiger partial charge < -0.3 is 0 Å². The Morgan fingerprint density at radius 2 is 2.22 bits per heavy atom. The van der Waals surface area contributed by atoms with Crippen LogP contribution in [-0.4, -0.2) is 30.4 Å². The lowest BCUT2D eigenvalue weighted by atomic mass is 10.3. The van der Waals surface area contributed by atoms with E-state index in [0.29, 0.717) is 6.54 Å². The molecule has 1 saturated heterocycles. The summed E-state index contributed by atoms with van der Waals surface area (Å²) in [5.74, 6) is -0.894. The standard InChI is InChI=1S/C5H7NO3/c1-9-6-3-2-4(7)5(6)8/h2-3H2,1H3. The first-order valence-electron chi connectivity index (χ1n) is 2.64. The first-order chi connectivity index (χ1) is 4.25. The zero-order valence-electron chi connectivity index (χ0n) is 5.09. The van der Waals surface area contributed by atoms with Gasteiger partial charge in [-0.05, 0) is 0 Å². The SMILES string of the molecule is CON1CCC(=O)C1=O. The summed E-state index contributed by atoms with van der Waals surface area (Å²) >= 11 is 0. The Balaban J connectivity index is 2.62. The highest BCUT2D eigenvalue weighted by Gasteiger charge is 2.29. The van der Waals surface area contributed by atoms with Gasteiger partial charge in [-0.2, -0.15) is 0 Å². The van der Waals surface area contributed by atoms with Crippen LogP contribution >= 0.6 is 0 Å². The van der Waals surface area contributed by atoms with Crippen molar-refractivity contribution in [2.75, 3.05) is 13.7 Å². The van der Waals surface area contributed by atoms with E-state index in [1.54, 1.807) is 0 Å². The van der Waals surface area contributed by atoms with Gasteiger partial charge in [0.2, 0.25) is 5.78 Å². The first kappa shape index (κ1) is 6.22. The van der Waals surface area contributed by atoms with Crippen molar-refractivity contribution in [3.63, 3.8) is 0 Å². The third-order valence-corrected chi connectivity index (χ3v) is 1.23. The molecule has 4 heteroatoms. The quantitative estimate of drug-likeness (QED) is 0.442. The average Bonchev–Trinajstić information content (AvgIpc) is 2.15. The molecule has 0 spiro atoms. The molecule has 0 bridgehead atoms. The highest BCUT2D eigenvalue weighted by molar-refractivity contribution is 6.37. The second-order valence-corrected chi connectivity index (χ2v) is 1.76. The van der Waals surface area contributed by atoms with E-state index in [-0.39, 0.29) is 12.2 Å². The highest BCUT2D eigenvalue weighted by Crippen LogP contribution is 2.04. The van der Waals surface area contributed by atoms with Crippen LogP contribution in [0.15, 0.2) is 0 Å². The fourth-order valence-corrected chi connectivity index (χ4v) is 0.725. The van der Waals surface area contributed by atoms with Crippen LogP contribution in [0.2, 0.25) is 0 Å². The number of carbonyl (C=O) groups excluding carboxylic acids is 2. The molecular formula is C5H7NO3. The number of ketones is 1. The maximum absolute atomic E-state index is 10.6. The minimum absolute atomic E-state index is 0.284. The molecule has 1 amide bonds. The van der Waals surface area contributed by atoms with E-state index in [4.69, 9.17) is 0 Å². The fourth-order valence-electron chi connectivity index (χ4n) is 0.725. The zero-order chi connectivity index (χ0) is 6.85. The summed E-state index contributed by atoms with van der Waals surface area (Å²) in [5.41, 5.74) is 0. The number of rotatable bonds is 1. The van der Waals surface area contributed by atoms with Crippen molar-refractivity contribution >= 4 is 11.7 Å². The molecule has 1 rings (SSSR count). The maximum atomic E-state index is 10.6. The van der Waals surface area contributed by atoms with Crippen LogP contribution in [0.5, 0.6) is 0 Å². The topological polar surface area (TPSA) is 46.6 Å². The molecule has 4 nitrogen and oxygen atoms in total. The monoisotopic (exact) mass is 129 g/mol. The predicted molar refractivity (Wildman–Crippen MR) is 28.3 cm³/mol. The van der Waals surface area contributed by atoms with Crippen molar-refractivity contribution in [3.05, 3.63) is 0 Å². The lowest BCUT2D eigenvalue weighted by molar-refractivity contribution is -0.169. The Kier molecular flexibility index (Phi) is 1.48. The number of hydroxylamine groups is 2. The van der Waals surface area contributed by atoms with Gasteiger partial charge in [0.15, 0.2) is 0 Å². The molecule has 0 radical (unpaired) electrons. The van der Waals surface area contributed by atoms with Crippen LogP contribution in [0.3, 0.4) is 0 Å². The Hall–Kier alpha value is -0.900. The Morgan fingerprint density at radius 3 is 2.44 bits per heavy atom. The lowest BCUT2D eigenvalue weighted by Gasteiger charge is -2.08. The molecule has 9 heavy (non-hydrogen) atoms. The van der Waals surface area contributed by atoms with Crippen LogP contribution in [0.4, 0.5) is 0 Å². The van der Waals surface area contributed by atoms with Crippen molar-refractivity contribution in [3.8, 4) is 0 Å². The Morgan fingerprint density at radius 1 is 1.56 bits per heavy atom. The molecule has 1 fully saturated rings. The van der Waals surface area contributed by atoms with Gasteiger partial charge in [-0.1, -0.05) is 0 Å². The Bertz CT molecular complexity index is 154. The van der Waals surface area contributed by atoms with Crippen LogP contribution in [0.1, 0.15) is 6.42 Å². The van der Waals surface area contributed by atoms with E-state index < -0.39 is 5.91 Å². The van der Waals surface area contributed by atoms with Crippen molar-refractivity contribution in [1.29, 1.82) is 0 Å². The van der Waals surface area contributed by atoms with Crippen molar-refractivity contribution in [2.45, 2.75) is 6.42 Å². The molecule has 0 aromatic carbocycles. The summed E-state index contributed by atoms with van der Waals surface area (Å²) in [6.45, 7) is 0.397. The van der Waals surface area contributed by atoms with Crippen molar-refractivity contribution < 1.29 is 14.4 Å². The van der Waals surface area contributed by atoms with E-state index in [0.717, 1.165) is 5.06 Å². The van der Waals surface area contributed by atoms with E-state index >= 15 is 0 Å². The molecule has 0 aromatic heterocycles. The minimum Gasteiger partial charge on any atom is -0.289 e. The normalized spacial score (nSPS) is 19.4. The number of hydrogen-bond acceptors (Lipinski definition) is 3. The van der Waals surface area contributed by atoms with Gasteiger partial charge in [0.1, 0.15) is 0 Å². The van der Waals surface area contributed by atoms with E-state index in [9.17, 15) is 9.59 Å². The van der Waals surface area contributed by atoms with Gasteiger partial charge in [-0.25, -0.2) is 5.06 Å². The molecular weight excluding hydrogens is 122 g/mol. The minimum atomic E-state index is -0.530. The molecule has 50 valence electrons. The Labute approximate surface area is 52.3 Å². The summed E-state index contributed by atoms with van der Waals surface area (Å²) in [4.78, 5) is 25.6. The summed E-state index contributed by atoms with van der Waals surface area (Å²) in [6, 6.07) is 0. The second-order valence-electron chi connectivity index (χ2n) is 1.76. The highest BCUT2D eigenvalue weighted by atomic mass is 16.7. The molecule has 1 aliphatic rings. The van der Waals surface area contributed by atoms with Gasteiger partial charge >= 0.3 is 5.91 Å². The second kappa shape index (κ2) is 2.14. The summed E-state index contributed by atoms with van der Waals surface area (Å²) in [5, 5.41) is 1.06. The maximum Gasteiger partial charge on any atom is 0.313 e. The molecule has 0 unspecified atom stereocenters. The van der Waals surface area contributed by atoms with Gasteiger partial charge in [0, 0.05) is 6.42 Å². The smallest absolute Gasteiger partial charge is 0.289 e. The van der Waals surface area contributed by atoms with Gasteiger partial charge in [-0.3, -0.25) is 14.4 Å². The summed E-state index contributed by atoms with van der Waals surface area (Å²) in [6.07, 6.45) is 0.284. The van der Waals surface area contributed by atoms with Gasteiger partial charge in [-0.15, -0.1) is 0 Å². The van der Waals surface area contributed by atoms with Crippen LogP contribution in [-0.2, 0) is 14.4 Å². The van der Waals surface area contributed by atoms with E-state index in [2.05, 4.69) is 4.84 Å². The lowest BCUT2D eigenvalue weighted by Crippen LogP contribution is -2.25. The summed E-state index contributed by atoms with van der Waals surface area (Å²) in [7, 11) is 1.37.